The van der Waals surface area contributed by atoms with Crippen molar-refractivity contribution in [2.75, 3.05) is 12.4 Å². The molecule has 0 bridgehead atoms. The number of rotatable bonds is 15. The van der Waals surface area contributed by atoms with Gasteiger partial charge in [-0.15, -0.1) is 30.7 Å². The highest BCUT2D eigenvalue weighted by Gasteiger charge is 2.23. The summed E-state index contributed by atoms with van der Waals surface area (Å²) in [5.41, 5.74) is -1.53. The van der Waals surface area contributed by atoms with Crippen LogP contribution in [-0.2, 0) is 40.5 Å². The second-order valence-corrected chi connectivity index (χ2v) is 20.8. The van der Waals surface area contributed by atoms with Gasteiger partial charge in [-0.2, -0.15) is 33.7 Å². The number of phenols is 1. The highest BCUT2D eigenvalue weighted by Crippen LogP contribution is 2.43. The van der Waals surface area contributed by atoms with Crippen molar-refractivity contribution in [1.82, 2.24) is 14.8 Å². The van der Waals surface area contributed by atoms with E-state index in [1.807, 2.05) is 0 Å². The number of ether oxygens (including phenoxy) is 1. The first-order valence-electron chi connectivity index (χ1n) is 18.1. The van der Waals surface area contributed by atoms with Crippen LogP contribution in [0.4, 0.5) is 33.6 Å². The van der Waals surface area contributed by atoms with Gasteiger partial charge in [-0.25, -0.2) is 9.67 Å². The number of nitrogens with one attached hydrogen (secondary N) is 1. The molecule has 66 heavy (non-hydrogen) atoms. The van der Waals surface area contributed by atoms with Crippen molar-refractivity contribution in [3.63, 3.8) is 0 Å². The number of halogens is 1. The van der Waals surface area contributed by atoms with Gasteiger partial charge in [0.1, 0.15) is 38.1 Å². The van der Waals surface area contributed by atoms with Gasteiger partial charge in [-0.1, -0.05) is 35.1 Å². The molecule has 30 heteroatoms. The van der Waals surface area contributed by atoms with Crippen LogP contribution in [0.25, 0.3) is 26.7 Å². The molecule has 7 aromatic rings. The first kappa shape index (κ1) is 47.5. The van der Waals surface area contributed by atoms with Crippen molar-refractivity contribution < 1.29 is 61.7 Å². The Bertz CT molecular complexity index is 3740. The van der Waals surface area contributed by atoms with E-state index in [1.165, 1.54) is 42.5 Å². The third-order valence-electron chi connectivity index (χ3n) is 9.01. The lowest BCUT2D eigenvalue weighted by molar-refractivity contribution is 0.317. The van der Waals surface area contributed by atoms with Crippen LogP contribution >= 0.6 is 22.9 Å². The quantitative estimate of drug-likeness (QED) is 0.0320. The first-order valence-corrected chi connectivity index (χ1v) is 25.2. The number of H-pyrrole nitrogens is 1. The van der Waals surface area contributed by atoms with E-state index in [0.29, 0.717) is 10.3 Å². The molecule has 0 amide bonds. The number of hydrogen-bond acceptors (Lipinski definition) is 19. The molecule has 24 nitrogen and oxygen atoms in total. The summed E-state index contributed by atoms with van der Waals surface area (Å²) in [6.07, 6.45) is 0.889. The fraction of sp³-hybridized carbons (Fsp3) is 0.111. The van der Waals surface area contributed by atoms with Crippen molar-refractivity contribution >= 4 is 118 Å². The van der Waals surface area contributed by atoms with Crippen molar-refractivity contribution in [2.45, 2.75) is 28.0 Å². The van der Waals surface area contributed by atoms with E-state index < -0.39 is 83.6 Å². The zero-order valence-corrected chi connectivity index (χ0v) is 37.8. The van der Waals surface area contributed by atoms with E-state index in [0.717, 1.165) is 46.5 Å². The molecule has 2 aromatic heterocycles. The van der Waals surface area contributed by atoms with Crippen molar-refractivity contribution in [3.8, 4) is 17.2 Å². The van der Waals surface area contributed by atoms with E-state index in [9.17, 15) is 61.8 Å². The molecule has 344 valence electrons. The average molecular weight is 1020 g/mol. The maximum absolute atomic E-state index is 13.1. The van der Waals surface area contributed by atoms with E-state index in [2.05, 4.69) is 40.8 Å². The smallest absolute Gasteiger partial charge is 0.298 e. The summed E-state index contributed by atoms with van der Waals surface area (Å²) in [5, 5.41) is 37.5. The van der Waals surface area contributed by atoms with Crippen LogP contribution in [-0.4, -0.2) is 84.1 Å². The van der Waals surface area contributed by atoms with Gasteiger partial charge in [0.05, 0.1) is 39.5 Å². The van der Waals surface area contributed by atoms with Gasteiger partial charge >= 0.3 is 0 Å². The van der Waals surface area contributed by atoms with Crippen LogP contribution in [0.15, 0.2) is 129 Å². The molecule has 0 aliphatic heterocycles. The normalized spacial score (nSPS) is 13.0. The van der Waals surface area contributed by atoms with Gasteiger partial charge in [-0.05, 0) is 73.5 Å². The Hall–Kier alpha value is -6.41. The molecule has 0 unspecified atom stereocenters. The molecule has 0 fully saturated rings. The third kappa shape index (κ3) is 10.7. The van der Waals surface area contributed by atoms with Crippen LogP contribution < -0.4 is 10.3 Å². The van der Waals surface area contributed by atoms with Gasteiger partial charge in [-0.3, -0.25) is 28.1 Å². The Morgan fingerprint density at radius 2 is 1.41 bits per heavy atom. The maximum Gasteiger partial charge on any atom is 0.298 e. The molecule has 0 radical (unpaired) electrons. The Kier molecular flexibility index (Phi) is 13.0. The summed E-state index contributed by atoms with van der Waals surface area (Å²) < 4.78 is 141. The molecule has 0 aliphatic carbocycles. The average Bonchev–Trinajstić information content (AvgIpc) is 3.82. The van der Waals surface area contributed by atoms with E-state index >= 15 is 0 Å². The van der Waals surface area contributed by atoms with Crippen molar-refractivity contribution in [3.05, 3.63) is 99.9 Å². The largest absolute Gasteiger partial charge is 0.505 e. The van der Waals surface area contributed by atoms with Gasteiger partial charge in [0.15, 0.2) is 11.4 Å². The number of benzene rings is 5. The van der Waals surface area contributed by atoms with Crippen LogP contribution in [0.1, 0.15) is 12.0 Å². The number of aryl methyl sites for hydroxylation is 1. The lowest BCUT2D eigenvalue weighted by Crippen LogP contribution is -2.14. The highest BCUT2D eigenvalue weighted by molar-refractivity contribution is 7.86. The SMILES string of the molecule is Cc1cc(N=Nc2ccc3c(S(=O)(=O)O)c(N=Nc4c[nH]n(-c5cc(Cl)cc(S(=O)(=O)O)c5)c4=O)ccc3c2O)c(OCCCS(=O)(=O)O)cc1N=Nc1nc2c(S(=O)(=O)O)cccc2s1. The van der Waals surface area contributed by atoms with Crippen molar-refractivity contribution in [1.29, 1.82) is 0 Å². The number of hydrogen-bond donors (Lipinski definition) is 6. The standard InChI is InChI=1S/C36H28ClN9O15S5/c1-18-12-27(29(61-10-3-11-63(49,50)51)16-26(18)42-45-36-39-32-30(62-36)4-2-5-31(32)65(55,56)57)43-40-24-8-7-23-22(33(24)47)6-9-25(34(23)66(58,59)60)41-44-28-17-38-46(35(28)48)20-13-19(37)14-21(15-20)64(52,53)54/h2,4-9,12-17,38,47H,3,10-11H2,1H3,(H,49,50,51)(H,52,53,54)(H,55,56,57)(H,58,59,60). The number of thiazole rings is 1. The molecule has 7 rings (SSSR count). The van der Waals surface area contributed by atoms with Crippen molar-refractivity contribution in [2.24, 2.45) is 30.7 Å². The number of fused-ring (bicyclic) bond motifs is 2. The fourth-order valence-electron chi connectivity index (χ4n) is 6.08. The summed E-state index contributed by atoms with van der Waals surface area (Å²) >= 11 is 6.95. The number of aromatic hydroxyl groups is 1. The Labute approximate surface area is 380 Å². The number of aromatic nitrogens is 3. The number of azo groups is 3. The summed E-state index contributed by atoms with van der Waals surface area (Å²) in [4.78, 5) is 15.4. The van der Waals surface area contributed by atoms with Crippen LogP contribution in [0.2, 0.25) is 5.02 Å². The zero-order valence-electron chi connectivity index (χ0n) is 32.9. The predicted octanol–water partition coefficient (Wildman–Crippen LogP) is 8.24. The minimum atomic E-state index is -5.12. The lowest BCUT2D eigenvalue weighted by Gasteiger charge is -2.11. The Balaban J connectivity index is 1.21. The molecule has 6 N–H and O–H groups in total. The molecular formula is C36H28ClN9O15S5. The summed E-state index contributed by atoms with van der Waals surface area (Å²) in [6, 6.07) is 14.7. The van der Waals surface area contributed by atoms with Gasteiger partial charge < -0.3 is 9.84 Å². The van der Waals surface area contributed by atoms with Crippen LogP contribution in [0, 0.1) is 6.92 Å². The topological polar surface area (TPSA) is 372 Å². The minimum absolute atomic E-state index is 0.0167. The highest BCUT2D eigenvalue weighted by atomic mass is 35.5. The molecule has 0 atom stereocenters. The van der Waals surface area contributed by atoms with Gasteiger partial charge in [0.2, 0.25) is 5.13 Å². The number of para-hydroxylation sites is 1. The second-order valence-electron chi connectivity index (χ2n) is 13.6. The zero-order chi connectivity index (χ0) is 47.9. The lowest BCUT2D eigenvalue weighted by atomic mass is 10.1. The molecular weight excluding hydrogens is 994 g/mol. The molecule has 0 saturated carbocycles. The Morgan fingerprint density at radius 1 is 0.742 bits per heavy atom. The first-order chi connectivity index (χ1) is 30.9. The maximum atomic E-state index is 13.1. The van der Waals surface area contributed by atoms with Gasteiger partial charge in [0, 0.05) is 21.9 Å². The van der Waals surface area contributed by atoms with Gasteiger partial charge in [0.25, 0.3) is 46.0 Å². The van der Waals surface area contributed by atoms with Crippen LogP contribution in [0.3, 0.4) is 0 Å². The van der Waals surface area contributed by atoms with E-state index in [4.69, 9.17) is 16.3 Å². The summed E-state index contributed by atoms with van der Waals surface area (Å²) in [7, 11) is -18.8. The number of phenolic OH excluding ortho intramolecular Hbond substituents is 1. The third-order valence-corrected chi connectivity index (χ3v) is 13.6. The molecule has 2 heterocycles. The summed E-state index contributed by atoms with van der Waals surface area (Å²) in [6.45, 7) is 1.36. The summed E-state index contributed by atoms with van der Waals surface area (Å²) in [5.74, 6) is -1.28. The molecule has 0 spiro atoms. The molecule has 0 saturated heterocycles. The predicted molar refractivity (Wildman–Crippen MR) is 236 cm³/mol. The monoisotopic (exact) mass is 1020 g/mol. The van der Waals surface area contributed by atoms with E-state index in [1.54, 1.807) is 13.0 Å². The fourth-order valence-corrected chi connectivity index (χ4v) is 9.76. The number of aromatic amines is 1. The van der Waals surface area contributed by atoms with E-state index in [-0.39, 0.29) is 68.0 Å². The molecule has 5 aromatic carbocycles. The van der Waals surface area contributed by atoms with Crippen LogP contribution in [0.5, 0.6) is 11.5 Å². The number of nitrogens with zero attached hydrogens (tertiary/aromatic N) is 8. The minimum Gasteiger partial charge on any atom is -0.505 e. The second kappa shape index (κ2) is 18.1. The molecule has 0 aliphatic rings. The Morgan fingerprint density at radius 3 is 2.11 bits per heavy atom.